The first-order valence-electron chi connectivity index (χ1n) is 17.1. The normalized spacial score (nSPS) is 15.7. The van der Waals surface area contributed by atoms with Crippen LogP contribution in [0.2, 0.25) is 0 Å². The van der Waals surface area contributed by atoms with Gasteiger partial charge in [-0.05, 0) is 176 Å². The number of allylic oxidation sites excluding steroid dienone is 2. The number of fused-ring (bicyclic) bond motifs is 1. The fourth-order valence-electron chi connectivity index (χ4n) is 6.33. The van der Waals surface area contributed by atoms with Crippen molar-refractivity contribution >= 4 is 63.9 Å². The van der Waals surface area contributed by atoms with Gasteiger partial charge in [0.25, 0.3) is 0 Å². The van der Waals surface area contributed by atoms with Crippen LogP contribution < -0.4 is 4.74 Å². The fraction of sp³-hybridized carbons (Fsp3) is 0.650. The number of phenolic OH excluding ortho intramolecular Hbond substituents is 1. The zero-order valence-electron chi connectivity index (χ0n) is 31.6. The van der Waals surface area contributed by atoms with Crippen LogP contribution in [0, 0.1) is 67.2 Å². The van der Waals surface area contributed by atoms with Crippen LogP contribution in [0.15, 0.2) is 11.6 Å². The van der Waals surface area contributed by atoms with Crippen LogP contribution in [-0.2, 0) is 22.3 Å². The molecule has 1 atom stereocenters. The molecule has 1 aliphatic heterocycles. The number of benzene rings is 2. The molecule has 263 valence electrons. The summed E-state index contributed by atoms with van der Waals surface area (Å²) in [6.07, 6.45) is 12.9. The first-order chi connectivity index (χ1) is 20.9. The molecular weight excluding hydrogens is 944 g/mol. The van der Waals surface area contributed by atoms with Gasteiger partial charge in [-0.15, -0.1) is 24.0 Å². The van der Waals surface area contributed by atoms with Crippen LogP contribution in [-0.4, -0.2) is 10.7 Å². The summed E-state index contributed by atoms with van der Waals surface area (Å²) < 4.78 is 6.55. The summed E-state index contributed by atoms with van der Waals surface area (Å²) in [6, 6.07) is 0. The second-order valence-electron chi connectivity index (χ2n) is 14.6. The second kappa shape index (κ2) is 22.4. The number of halogens is 3. The Bertz CT molecular complexity index is 1250. The molecular formula is C40H65I3O2V. The molecule has 0 bridgehead atoms. The average molecular weight is 1010 g/mol. The van der Waals surface area contributed by atoms with Crippen LogP contribution in [0.4, 0.5) is 0 Å². The molecule has 46 heavy (non-hydrogen) atoms. The molecule has 3 rings (SSSR count). The summed E-state index contributed by atoms with van der Waals surface area (Å²) >= 11 is 4.74. The Balaban J connectivity index is 0.000000795. The van der Waals surface area contributed by atoms with E-state index < -0.39 is 0 Å². The quantitative estimate of drug-likeness (QED) is 0.190. The standard InChI is InChI=1S/2C20H32O.3HI.V/c1-13(2)9-8-11-20(7)12-10-18-16(5)14(3)15(4)17(6)19(18)21-20;1-13(2)9-8-10-14(3)11-12-19-17(6)15(4)16(5)18(7)20(19)21;;;;/h13H,8-12H2,1-7H3;11,13,21H,8-10,12H2,1-7H3;3*1H;/q;;;;;+2/p-2. The number of phenols is 1. The van der Waals surface area contributed by atoms with Gasteiger partial charge in [-0.3, -0.25) is 0 Å². The summed E-state index contributed by atoms with van der Waals surface area (Å²) in [5.74, 6) is 3.25. The molecule has 0 radical (unpaired) electrons. The molecule has 0 saturated heterocycles. The zero-order valence-corrected chi connectivity index (χ0v) is 39.6. The summed E-state index contributed by atoms with van der Waals surface area (Å²) in [5.41, 5.74) is 14.4. The van der Waals surface area contributed by atoms with E-state index in [9.17, 15) is 5.11 Å². The van der Waals surface area contributed by atoms with E-state index in [4.69, 9.17) is 4.74 Å². The Labute approximate surface area is 330 Å². The van der Waals surface area contributed by atoms with E-state index in [1.165, 1.54) is 101 Å². The maximum atomic E-state index is 10.4. The topological polar surface area (TPSA) is 29.5 Å². The minimum absolute atomic E-state index is 0. The van der Waals surface area contributed by atoms with Gasteiger partial charge in [0.15, 0.2) is 0 Å². The van der Waals surface area contributed by atoms with Gasteiger partial charge >= 0.3 is 49.4 Å². The van der Waals surface area contributed by atoms with Crippen LogP contribution in [0.3, 0.4) is 0 Å². The van der Waals surface area contributed by atoms with E-state index in [0.29, 0.717) is 15.2 Å². The van der Waals surface area contributed by atoms with E-state index in [-0.39, 0.29) is 29.6 Å². The van der Waals surface area contributed by atoms with Crippen molar-refractivity contribution in [3.8, 4) is 11.5 Å². The van der Waals surface area contributed by atoms with E-state index >= 15 is 0 Å². The van der Waals surface area contributed by atoms with Crippen LogP contribution in [0.25, 0.3) is 0 Å². The molecule has 0 aliphatic carbocycles. The van der Waals surface area contributed by atoms with Crippen molar-refractivity contribution in [2.24, 2.45) is 11.8 Å². The summed E-state index contributed by atoms with van der Waals surface area (Å²) in [7, 11) is 0.628. The molecule has 1 aliphatic rings. The van der Waals surface area contributed by atoms with Crippen molar-refractivity contribution in [2.75, 3.05) is 0 Å². The zero-order chi connectivity index (χ0) is 34.6. The number of rotatable bonds is 10. The van der Waals surface area contributed by atoms with Crippen molar-refractivity contribution in [3.05, 3.63) is 67.3 Å². The van der Waals surface area contributed by atoms with Gasteiger partial charge in [0.05, 0.1) is 0 Å². The van der Waals surface area contributed by atoms with Crippen LogP contribution in [0.1, 0.15) is 142 Å². The molecule has 2 aromatic rings. The van der Waals surface area contributed by atoms with E-state index in [1.807, 2.05) is 6.92 Å². The Morgan fingerprint density at radius 1 is 0.804 bits per heavy atom. The van der Waals surface area contributed by atoms with E-state index in [1.54, 1.807) is 0 Å². The van der Waals surface area contributed by atoms with Gasteiger partial charge < -0.3 is 9.84 Å². The van der Waals surface area contributed by atoms with Crippen molar-refractivity contribution in [1.82, 2.24) is 0 Å². The second-order valence-corrected chi connectivity index (χ2v) is 26.4. The fourth-order valence-corrected chi connectivity index (χ4v) is 6.33. The van der Waals surface area contributed by atoms with Gasteiger partial charge in [-0.25, -0.2) is 0 Å². The van der Waals surface area contributed by atoms with Crippen LogP contribution >= 0.6 is 63.9 Å². The first-order valence-corrected chi connectivity index (χ1v) is 26.1. The third kappa shape index (κ3) is 14.1. The van der Waals surface area contributed by atoms with Crippen molar-refractivity contribution in [3.63, 3.8) is 0 Å². The molecule has 2 nitrogen and oxygen atoms in total. The molecule has 0 spiro atoms. The number of hydrogen-bond acceptors (Lipinski definition) is 2. The Kier molecular flexibility index (Phi) is 22.7. The van der Waals surface area contributed by atoms with Gasteiger partial charge in [0.2, 0.25) is 0 Å². The van der Waals surface area contributed by atoms with Gasteiger partial charge in [0.1, 0.15) is 17.1 Å². The summed E-state index contributed by atoms with van der Waals surface area (Å²) in [5, 5.41) is 10.4. The molecule has 6 heteroatoms. The van der Waals surface area contributed by atoms with Crippen molar-refractivity contribution in [1.29, 1.82) is 0 Å². The Morgan fingerprint density at radius 3 is 1.83 bits per heavy atom. The molecule has 0 aromatic heterocycles. The van der Waals surface area contributed by atoms with Gasteiger partial charge in [0, 0.05) is 5.56 Å². The number of hydrogen-bond donors (Lipinski definition) is 1. The number of ether oxygens (including phenoxy) is 1. The predicted octanol–water partition coefficient (Wildman–Crippen LogP) is 14.2. The van der Waals surface area contributed by atoms with Gasteiger partial charge in [-0.1, -0.05) is 52.2 Å². The van der Waals surface area contributed by atoms with Gasteiger partial charge in [-0.2, -0.15) is 0 Å². The predicted molar refractivity (Wildman–Crippen MR) is 228 cm³/mol. The summed E-state index contributed by atoms with van der Waals surface area (Å²) in [4.78, 5) is 0. The third-order valence-electron chi connectivity index (χ3n) is 10.3. The molecule has 1 heterocycles. The molecule has 0 fully saturated rings. The average Bonchev–Trinajstić information content (AvgIpc) is 2.97. The van der Waals surface area contributed by atoms with Crippen molar-refractivity contribution < 1.29 is 19.3 Å². The Hall–Kier alpha value is 0.554. The maximum absolute atomic E-state index is 10.4. The van der Waals surface area contributed by atoms with E-state index in [0.717, 1.165) is 35.8 Å². The molecule has 2 aromatic carbocycles. The van der Waals surface area contributed by atoms with Crippen LogP contribution in [0.5, 0.6) is 11.5 Å². The van der Waals surface area contributed by atoms with E-state index in [2.05, 4.69) is 136 Å². The number of aromatic hydroxyl groups is 1. The third-order valence-corrected chi connectivity index (χ3v) is 10.3. The molecule has 0 amide bonds. The molecule has 1 unspecified atom stereocenters. The monoisotopic (exact) mass is 1010 g/mol. The summed E-state index contributed by atoms with van der Waals surface area (Å²) in [6.45, 7) is 31.0. The minimum atomic E-state index is 0. The molecule has 1 N–H and O–H groups in total. The molecule has 0 saturated carbocycles. The first kappa shape index (κ1) is 46.6. The SMILES string of the molecule is CC(=CCc1c(C)c(C)c(C)c(C)c1O)CCCC(C)C.Cc1c(C)c(C)c2c(c1C)CCC(C)(CCCC(C)C)O2.I.[I][V][I]. The Morgan fingerprint density at radius 2 is 1.28 bits per heavy atom. The van der Waals surface area contributed by atoms with Crippen molar-refractivity contribution in [2.45, 2.75) is 160 Å².